The molecule has 1 amide bonds. The SMILES string of the molecule is CC(C)n1cnc([C@H]2CN(Cc3ccncc3)C[C@]23CCN(Cc2ccncc2)C3=O)c1. The Labute approximate surface area is 189 Å². The number of carbonyl (C=O) groups is 1. The number of hydrogen-bond donors (Lipinski definition) is 0. The fourth-order valence-corrected chi connectivity index (χ4v) is 5.25. The molecule has 32 heavy (non-hydrogen) atoms. The summed E-state index contributed by atoms with van der Waals surface area (Å²) in [6, 6.07) is 8.44. The van der Waals surface area contributed by atoms with Crippen LogP contribution in [0.4, 0.5) is 0 Å². The van der Waals surface area contributed by atoms with Crippen molar-refractivity contribution in [2.24, 2.45) is 5.41 Å². The second kappa shape index (κ2) is 8.47. The van der Waals surface area contributed by atoms with Crippen LogP contribution >= 0.6 is 0 Å². The van der Waals surface area contributed by atoms with Crippen molar-refractivity contribution in [1.82, 2.24) is 29.3 Å². The van der Waals surface area contributed by atoms with E-state index in [1.165, 1.54) is 5.56 Å². The molecule has 5 rings (SSSR count). The van der Waals surface area contributed by atoms with Crippen molar-refractivity contribution in [2.75, 3.05) is 19.6 Å². The Bertz CT molecular complexity index is 1070. The van der Waals surface area contributed by atoms with E-state index in [2.05, 4.69) is 51.6 Å². The van der Waals surface area contributed by atoms with E-state index in [1.807, 2.05) is 35.8 Å². The lowest BCUT2D eigenvalue weighted by Crippen LogP contribution is -2.39. The van der Waals surface area contributed by atoms with Crippen molar-refractivity contribution in [3.8, 4) is 0 Å². The van der Waals surface area contributed by atoms with Crippen LogP contribution in [0, 0.1) is 5.41 Å². The number of rotatable bonds is 6. The second-order valence-corrected chi connectivity index (χ2v) is 9.41. The Morgan fingerprint density at radius 3 is 2.31 bits per heavy atom. The predicted molar refractivity (Wildman–Crippen MR) is 122 cm³/mol. The van der Waals surface area contributed by atoms with Gasteiger partial charge in [0.25, 0.3) is 0 Å². The van der Waals surface area contributed by atoms with Crippen molar-refractivity contribution >= 4 is 5.91 Å². The highest BCUT2D eigenvalue weighted by Crippen LogP contribution is 2.50. The van der Waals surface area contributed by atoms with Gasteiger partial charge in [0.1, 0.15) is 0 Å². The molecule has 2 aliphatic rings. The van der Waals surface area contributed by atoms with Gasteiger partial charge in [0.05, 0.1) is 17.4 Å². The minimum atomic E-state index is -0.420. The van der Waals surface area contributed by atoms with E-state index < -0.39 is 5.41 Å². The van der Waals surface area contributed by atoms with Crippen LogP contribution in [0.3, 0.4) is 0 Å². The minimum absolute atomic E-state index is 0.0966. The molecule has 7 heteroatoms. The highest BCUT2D eigenvalue weighted by atomic mass is 16.2. The monoisotopic (exact) mass is 430 g/mol. The quantitative estimate of drug-likeness (QED) is 0.600. The number of aromatic nitrogens is 4. The predicted octanol–water partition coefficient (Wildman–Crippen LogP) is 3.27. The van der Waals surface area contributed by atoms with Crippen LogP contribution in [0.25, 0.3) is 0 Å². The summed E-state index contributed by atoms with van der Waals surface area (Å²) in [6.45, 7) is 8.16. The highest BCUT2D eigenvalue weighted by Gasteiger charge is 2.57. The first-order valence-corrected chi connectivity index (χ1v) is 11.4. The molecule has 0 N–H and O–H groups in total. The van der Waals surface area contributed by atoms with Gasteiger partial charge in [-0.3, -0.25) is 19.7 Å². The van der Waals surface area contributed by atoms with Crippen molar-refractivity contribution in [3.05, 3.63) is 78.4 Å². The third-order valence-electron chi connectivity index (χ3n) is 7.01. The maximum absolute atomic E-state index is 13.9. The van der Waals surface area contributed by atoms with E-state index in [4.69, 9.17) is 4.98 Å². The van der Waals surface area contributed by atoms with Crippen LogP contribution in [0.15, 0.2) is 61.6 Å². The van der Waals surface area contributed by atoms with Crippen LogP contribution < -0.4 is 0 Å². The molecule has 3 aromatic rings. The number of pyridine rings is 2. The number of likely N-dealkylation sites (tertiary alicyclic amines) is 2. The van der Waals surface area contributed by atoms with E-state index in [9.17, 15) is 4.79 Å². The molecule has 5 heterocycles. The van der Waals surface area contributed by atoms with Gasteiger partial charge in [-0.05, 0) is 55.7 Å². The van der Waals surface area contributed by atoms with Crippen molar-refractivity contribution < 1.29 is 4.79 Å². The fourth-order valence-electron chi connectivity index (χ4n) is 5.25. The number of imidazole rings is 1. The van der Waals surface area contributed by atoms with Crippen molar-refractivity contribution in [3.63, 3.8) is 0 Å². The first kappa shape index (κ1) is 20.8. The largest absolute Gasteiger partial charge is 0.338 e. The first-order chi connectivity index (χ1) is 15.5. The Balaban J connectivity index is 1.43. The smallest absolute Gasteiger partial charge is 0.231 e. The van der Waals surface area contributed by atoms with Gasteiger partial charge in [0, 0.05) is 75.7 Å². The van der Waals surface area contributed by atoms with Gasteiger partial charge in [0.2, 0.25) is 5.91 Å². The zero-order chi connectivity index (χ0) is 22.1. The summed E-state index contributed by atoms with van der Waals surface area (Å²) in [5, 5.41) is 0. The average molecular weight is 431 g/mol. The van der Waals surface area contributed by atoms with Gasteiger partial charge in [-0.2, -0.15) is 0 Å². The molecule has 2 atom stereocenters. The fraction of sp³-hybridized carbons (Fsp3) is 0.440. The Morgan fingerprint density at radius 2 is 1.69 bits per heavy atom. The zero-order valence-corrected chi connectivity index (χ0v) is 18.8. The normalized spacial score (nSPS) is 23.7. The van der Waals surface area contributed by atoms with E-state index in [0.717, 1.165) is 43.9 Å². The third-order valence-corrected chi connectivity index (χ3v) is 7.01. The summed E-state index contributed by atoms with van der Waals surface area (Å²) in [5.74, 6) is 0.356. The molecule has 2 fully saturated rings. The van der Waals surface area contributed by atoms with Crippen LogP contribution in [0.1, 0.15) is 49.0 Å². The van der Waals surface area contributed by atoms with Crippen LogP contribution in [0.2, 0.25) is 0 Å². The standard InChI is InChI=1S/C25H30N6O/c1-19(2)31-16-23(28-18-31)22-15-29(13-20-3-8-26-9-4-20)17-25(22)7-12-30(24(25)32)14-21-5-10-27-11-6-21/h3-6,8-11,16,18-19,22H,7,12-15,17H2,1-2H3/t22-,25-/m1/s1. The lowest BCUT2D eigenvalue weighted by molar-refractivity contribution is -0.136. The molecule has 0 radical (unpaired) electrons. The summed E-state index contributed by atoms with van der Waals surface area (Å²) in [6.07, 6.45) is 12.2. The summed E-state index contributed by atoms with van der Waals surface area (Å²) < 4.78 is 2.14. The molecule has 0 aliphatic carbocycles. The average Bonchev–Trinajstić information content (AvgIpc) is 3.50. The number of hydrogen-bond acceptors (Lipinski definition) is 5. The molecule has 7 nitrogen and oxygen atoms in total. The van der Waals surface area contributed by atoms with Crippen molar-refractivity contribution in [2.45, 2.75) is 45.3 Å². The lowest BCUT2D eigenvalue weighted by atomic mass is 9.75. The molecule has 0 bridgehead atoms. The number of carbonyl (C=O) groups excluding carboxylic acids is 1. The van der Waals surface area contributed by atoms with Gasteiger partial charge < -0.3 is 9.47 Å². The van der Waals surface area contributed by atoms with E-state index in [0.29, 0.717) is 12.6 Å². The van der Waals surface area contributed by atoms with Gasteiger partial charge in [-0.25, -0.2) is 4.98 Å². The second-order valence-electron chi connectivity index (χ2n) is 9.41. The maximum Gasteiger partial charge on any atom is 0.231 e. The molecule has 3 aromatic heterocycles. The molecule has 1 spiro atoms. The number of nitrogens with zero attached hydrogens (tertiary/aromatic N) is 6. The van der Waals surface area contributed by atoms with Gasteiger partial charge in [-0.15, -0.1) is 0 Å². The van der Waals surface area contributed by atoms with E-state index >= 15 is 0 Å². The van der Waals surface area contributed by atoms with E-state index in [-0.39, 0.29) is 11.8 Å². The Hall–Kier alpha value is -3.06. The summed E-state index contributed by atoms with van der Waals surface area (Å²) in [5.41, 5.74) is 2.96. The summed E-state index contributed by atoms with van der Waals surface area (Å²) in [4.78, 5) is 31.4. The van der Waals surface area contributed by atoms with Gasteiger partial charge in [-0.1, -0.05) is 0 Å². The molecular weight excluding hydrogens is 400 g/mol. The highest BCUT2D eigenvalue weighted by molar-refractivity contribution is 5.86. The maximum atomic E-state index is 13.9. The summed E-state index contributed by atoms with van der Waals surface area (Å²) >= 11 is 0. The molecule has 166 valence electrons. The molecule has 0 saturated carbocycles. The minimum Gasteiger partial charge on any atom is -0.338 e. The molecule has 0 unspecified atom stereocenters. The molecular formula is C25H30N6O. The van der Waals surface area contributed by atoms with Crippen LogP contribution in [0.5, 0.6) is 0 Å². The van der Waals surface area contributed by atoms with E-state index in [1.54, 1.807) is 12.4 Å². The number of amides is 1. The zero-order valence-electron chi connectivity index (χ0n) is 18.8. The topological polar surface area (TPSA) is 67.2 Å². The third kappa shape index (κ3) is 3.81. The van der Waals surface area contributed by atoms with Crippen molar-refractivity contribution in [1.29, 1.82) is 0 Å². The Morgan fingerprint density at radius 1 is 1.03 bits per heavy atom. The first-order valence-electron chi connectivity index (χ1n) is 11.4. The van der Waals surface area contributed by atoms with Gasteiger partial charge >= 0.3 is 0 Å². The van der Waals surface area contributed by atoms with Crippen LogP contribution in [-0.4, -0.2) is 54.9 Å². The van der Waals surface area contributed by atoms with Gasteiger partial charge in [0.15, 0.2) is 0 Å². The lowest BCUT2D eigenvalue weighted by Gasteiger charge is -2.28. The molecule has 2 aliphatic heterocycles. The summed E-state index contributed by atoms with van der Waals surface area (Å²) in [7, 11) is 0. The molecule has 0 aromatic carbocycles. The molecule has 2 saturated heterocycles. The van der Waals surface area contributed by atoms with Crippen LogP contribution in [-0.2, 0) is 17.9 Å². The Kier molecular flexibility index (Phi) is 5.51.